The van der Waals surface area contributed by atoms with E-state index in [-0.39, 0.29) is 74.8 Å². The van der Waals surface area contributed by atoms with Gasteiger partial charge in [-0.15, -0.1) is 0 Å². The quantitative estimate of drug-likeness (QED) is 0.0683. The van der Waals surface area contributed by atoms with Gasteiger partial charge in [-0.25, -0.2) is 4.79 Å². The number of hydrogen-bond acceptors (Lipinski definition) is 10. The van der Waals surface area contributed by atoms with Crippen LogP contribution in [0.15, 0.2) is 36.4 Å². The van der Waals surface area contributed by atoms with Crippen molar-refractivity contribution in [2.24, 2.45) is 17.1 Å². The highest BCUT2D eigenvalue weighted by molar-refractivity contribution is 6.12. The molecule has 0 spiro atoms. The molecule has 1 aliphatic rings. The Morgan fingerprint density at radius 2 is 1.32 bits per heavy atom. The fourth-order valence-corrected chi connectivity index (χ4v) is 5.11. The summed E-state index contributed by atoms with van der Waals surface area (Å²) in [7, 11) is 0. The summed E-state index contributed by atoms with van der Waals surface area (Å²) in [4.78, 5) is 74.6. The number of nitrogens with two attached hydrogens (primary N) is 1. The number of amides is 7. The predicted octanol–water partition coefficient (Wildman–Crippen LogP) is 1.67. The second-order valence-corrected chi connectivity index (χ2v) is 14.1. The van der Waals surface area contributed by atoms with Crippen molar-refractivity contribution >= 4 is 41.3 Å². The highest BCUT2D eigenvalue weighted by Gasteiger charge is 2.29. The summed E-state index contributed by atoms with van der Waals surface area (Å²) in [6.07, 6.45) is 3.95. The normalized spacial score (nSPS) is 14.0. The number of hydrogen-bond donors (Lipinski definition) is 5. The summed E-state index contributed by atoms with van der Waals surface area (Å²) in [5.74, 6) is -2.27. The summed E-state index contributed by atoms with van der Waals surface area (Å²) in [5, 5.41) is 10.9. The second-order valence-electron chi connectivity index (χ2n) is 14.1. The third-order valence-electron chi connectivity index (χ3n) is 7.77. The maximum atomic E-state index is 13.4. The van der Waals surface area contributed by atoms with E-state index in [1.807, 2.05) is 24.3 Å². The summed E-state index contributed by atoms with van der Waals surface area (Å²) < 4.78 is 21.7. The van der Waals surface area contributed by atoms with Crippen LogP contribution in [0.1, 0.15) is 59.4 Å². The van der Waals surface area contributed by atoms with E-state index in [0.717, 1.165) is 16.9 Å². The van der Waals surface area contributed by atoms with Crippen LogP contribution in [-0.4, -0.2) is 118 Å². The molecule has 2 atom stereocenters. The van der Waals surface area contributed by atoms with Crippen molar-refractivity contribution in [1.29, 1.82) is 0 Å². The summed E-state index contributed by atoms with van der Waals surface area (Å²) >= 11 is 0. The Morgan fingerprint density at radius 3 is 1.85 bits per heavy atom. The fourth-order valence-electron chi connectivity index (χ4n) is 5.11. The minimum Gasteiger partial charge on any atom is -0.379 e. The Balaban J connectivity index is 1.69. The van der Waals surface area contributed by atoms with E-state index in [4.69, 9.17) is 24.7 Å². The molecule has 7 amide bonds. The molecule has 1 unspecified atom stereocenters. The maximum Gasteiger partial charge on any atom is 0.312 e. The molecule has 0 aromatic heterocycles. The first-order valence-corrected chi connectivity index (χ1v) is 18.0. The average molecular weight is 747 g/mol. The standard InChI is InChI=1S/C37H58N6O10/c1-26(2)33(42-30(44)14-17-50-19-21-52-23-24-53-22-20-51-18-16-43-31(45)12-13-32(43)46)35(48)41-29(7-6-15-39-36(38)49)34(47)40-28-10-8-27(9-11-28)25-37(3,4)5/h8-13,26,29,33H,6-7,14-25H2,1-5H3,(H,40,47)(H,41,48)(H,42,44)(H3,38,39,49)/t29-,33?/m0/s1. The average Bonchev–Trinajstić information content (AvgIpc) is 3.40. The molecule has 16 nitrogen and oxygen atoms in total. The number of nitrogens with one attached hydrogen (secondary N) is 4. The van der Waals surface area contributed by atoms with Crippen LogP contribution in [0.4, 0.5) is 10.5 Å². The zero-order valence-corrected chi connectivity index (χ0v) is 31.7. The first-order valence-electron chi connectivity index (χ1n) is 18.0. The predicted molar refractivity (Wildman–Crippen MR) is 198 cm³/mol. The number of carbonyl (C=O) groups is 6. The number of nitrogens with zero attached hydrogens (tertiary/aromatic N) is 1. The number of anilines is 1. The number of urea groups is 1. The van der Waals surface area contributed by atoms with Gasteiger partial charge in [-0.1, -0.05) is 46.8 Å². The molecule has 1 aliphatic heterocycles. The van der Waals surface area contributed by atoms with Gasteiger partial charge in [0.05, 0.1) is 59.4 Å². The molecule has 1 aromatic carbocycles. The van der Waals surface area contributed by atoms with Gasteiger partial charge in [-0.05, 0) is 48.3 Å². The first-order chi connectivity index (χ1) is 25.2. The van der Waals surface area contributed by atoms with Crippen molar-refractivity contribution in [3.8, 4) is 0 Å². The van der Waals surface area contributed by atoms with Gasteiger partial charge in [0, 0.05) is 30.8 Å². The number of rotatable bonds is 26. The zero-order chi connectivity index (χ0) is 39.2. The summed E-state index contributed by atoms with van der Waals surface area (Å²) in [6.45, 7) is 12.7. The monoisotopic (exact) mass is 746 g/mol. The summed E-state index contributed by atoms with van der Waals surface area (Å²) in [6, 6.07) is 5.03. The molecular formula is C37H58N6O10. The number of benzene rings is 1. The van der Waals surface area contributed by atoms with Crippen molar-refractivity contribution in [3.63, 3.8) is 0 Å². The molecule has 6 N–H and O–H groups in total. The van der Waals surface area contributed by atoms with Crippen LogP contribution in [0.25, 0.3) is 0 Å². The Hall–Kier alpha value is -4.38. The van der Waals surface area contributed by atoms with Crippen LogP contribution in [0.5, 0.6) is 0 Å². The van der Waals surface area contributed by atoms with Crippen molar-refractivity contribution in [2.75, 3.05) is 71.3 Å². The topological polar surface area (TPSA) is 217 Å². The van der Waals surface area contributed by atoms with Gasteiger partial charge < -0.3 is 45.9 Å². The summed E-state index contributed by atoms with van der Waals surface area (Å²) in [5.41, 5.74) is 6.99. The van der Waals surface area contributed by atoms with E-state index in [1.54, 1.807) is 13.8 Å². The van der Waals surface area contributed by atoms with Crippen LogP contribution >= 0.6 is 0 Å². The van der Waals surface area contributed by atoms with Crippen molar-refractivity contribution in [1.82, 2.24) is 20.9 Å². The largest absolute Gasteiger partial charge is 0.379 e. The SMILES string of the molecule is CC(C)C(NC(=O)CCOCCOCCOCCOCCN1C(=O)C=CC1=O)C(=O)N[C@@H](CCCNC(N)=O)C(=O)Nc1ccc(CC(C)(C)C)cc1. The molecule has 0 radical (unpaired) electrons. The molecule has 0 aliphatic carbocycles. The zero-order valence-electron chi connectivity index (χ0n) is 31.7. The smallest absolute Gasteiger partial charge is 0.312 e. The number of ether oxygens (including phenoxy) is 4. The Kier molecular flexibility index (Phi) is 20.3. The molecule has 296 valence electrons. The number of primary amides is 1. The molecule has 1 heterocycles. The first kappa shape index (κ1) is 44.8. The van der Waals surface area contributed by atoms with E-state index >= 15 is 0 Å². The van der Waals surface area contributed by atoms with Gasteiger partial charge in [0.2, 0.25) is 17.7 Å². The Bertz CT molecular complexity index is 1340. The number of imide groups is 1. The van der Waals surface area contributed by atoms with Crippen LogP contribution in [-0.2, 0) is 49.3 Å². The molecule has 2 rings (SSSR count). The molecule has 0 saturated carbocycles. The molecule has 16 heteroatoms. The third kappa shape index (κ3) is 19.3. The minimum atomic E-state index is -0.935. The van der Waals surface area contributed by atoms with E-state index in [9.17, 15) is 28.8 Å². The lowest BCUT2D eigenvalue weighted by Crippen LogP contribution is -2.54. The highest BCUT2D eigenvalue weighted by Crippen LogP contribution is 2.22. The Morgan fingerprint density at radius 1 is 0.774 bits per heavy atom. The maximum absolute atomic E-state index is 13.4. The van der Waals surface area contributed by atoms with Crippen molar-refractivity contribution < 1.29 is 47.7 Å². The molecule has 1 aromatic rings. The van der Waals surface area contributed by atoms with Gasteiger partial charge in [-0.3, -0.25) is 28.9 Å². The lowest BCUT2D eigenvalue weighted by Gasteiger charge is -2.25. The molecule has 0 saturated heterocycles. The van der Waals surface area contributed by atoms with Gasteiger partial charge in [0.1, 0.15) is 12.1 Å². The van der Waals surface area contributed by atoms with Gasteiger partial charge in [0.15, 0.2) is 0 Å². The third-order valence-corrected chi connectivity index (χ3v) is 7.77. The van der Waals surface area contributed by atoms with Crippen LogP contribution in [0.2, 0.25) is 0 Å². The van der Waals surface area contributed by atoms with Crippen LogP contribution < -0.4 is 27.0 Å². The lowest BCUT2D eigenvalue weighted by molar-refractivity contribution is -0.137. The van der Waals surface area contributed by atoms with Crippen molar-refractivity contribution in [2.45, 2.75) is 72.4 Å². The van der Waals surface area contributed by atoms with Gasteiger partial charge >= 0.3 is 6.03 Å². The fraction of sp³-hybridized carbons (Fsp3) is 0.622. The van der Waals surface area contributed by atoms with Crippen LogP contribution in [0.3, 0.4) is 0 Å². The lowest BCUT2D eigenvalue weighted by atomic mass is 9.88. The molecular weight excluding hydrogens is 688 g/mol. The number of carbonyl (C=O) groups excluding carboxylic acids is 6. The van der Waals surface area contributed by atoms with Gasteiger partial charge in [0.25, 0.3) is 11.8 Å². The van der Waals surface area contributed by atoms with Crippen LogP contribution in [0, 0.1) is 11.3 Å². The Labute approximate surface area is 312 Å². The molecule has 0 fully saturated rings. The molecule has 0 bridgehead atoms. The second kappa shape index (κ2) is 24.0. The highest BCUT2D eigenvalue weighted by atomic mass is 16.6. The van der Waals surface area contributed by atoms with E-state index < -0.39 is 29.9 Å². The van der Waals surface area contributed by atoms with E-state index in [1.165, 1.54) is 12.2 Å². The minimum absolute atomic E-state index is 0.0180. The van der Waals surface area contributed by atoms with E-state index in [0.29, 0.717) is 45.1 Å². The van der Waals surface area contributed by atoms with Crippen molar-refractivity contribution in [3.05, 3.63) is 42.0 Å². The van der Waals surface area contributed by atoms with Gasteiger partial charge in [-0.2, -0.15) is 0 Å². The van der Waals surface area contributed by atoms with E-state index in [2.05, 4.69) is 42.0 Å². The molecule has 53 heavy (non-hydrogen) atoms.